The Kier molecular flexibility index (Phi) is 2.43. The third-order valence-electron chi connectivity index (χ3n) is 2.68. The summed E-state index contributed by atoms with van der Waals surface area (Å²) >= 11 is 0. The zero-order valence-corrected chi connectivity index (χ0v) is 9.21. The molecule has 0 radical (unpaired) electrons. The molecule has 6 nitrogen and oxygen atoms in total. The minimum absolute atomic E-state index is 0.0787. The average Bonchev–Trinajstić information content (AvgIpc) is 2.68. The Hall–Kier alpha value is -1.82. The summed E-state index contributed by atoms with van der Waals surface area (Å²) in [6.45, 7) is 1.97. The highest BCUT2D eigenvalue weighted by Crippen LogP contribution is 2.18. The molecular formula is C10H14N4O2. The Bertz CT molecular complexity index is 540. The Balaban J connectivity index is 2.56. The first-order chi connectivity index (χ1) is 7.54. The molecule has 0 spiro atoms. The van der Waals surface area contributed by atoms with Crippen LogP contribution in [0.15, 0.2) is 12.4 Å². The number of fused-ring (bicyclic) bond motifs is 1. The quantitative estimate of drug-likeness (QED) is 0.771. The normalized spacial score (nSPS) is 13.2. The maximum atomic E-state index is 11.0. The highest BCUT2D eigenvalue weighted by atomic mass is 16.4. The molecule has 0 aromatic carbocycles. The van der Waals surface area contributed by atoms with E-state index in [1.807, 2.05) is 17.5 Å². The van der Waals surface area contributed by atoms with Gasteiger partial charge in [0, 0.05) is 26.0 Å². The molecule has 2 heterocycles. The van der Waals surface area contributed by atoms with Gasteiger partial charge in [-0.2, -0.15) is 0 Å². The number of hydrogen-bond acceptors (Lipinski definition) is 3. The number of carboxylic acids is 1. The van der Waals surface area contributed by atoms with Gasteiger partial charge in [0.05, 0.1) is 11.4 Å². The molecule has 0 fully saturated rings. The fraction of sp³-hybridized carbons (Fsp3) is 0.400. The lowest BCUT2D eigenvalue weighted by Gasteiger charge is -2.09. The third-order valence-corrected chi connectivity index (χ3v) is 2.68. The van der Waals surface area contributed by atoms with Crippen molar-refractivity contribution >= 4 is 11.7 Å². The maximum absolute atomic E-state index is 11.0. The molecule has 2 aromatic heterocycles. The molecule has 0 aliphatic heterocycles. The highest BCUT2D eigenvalue weighted by Gasteiger charge is 2.23. The second kappa shape index (κ2) is 3.64. The lowest BCUT2D eigenvalue weighted by molar-refractivity contribution is -0.138. The van der Waals surface area contributed by atoms with E-state index >= 15 is 0 Å². The molecule has 0 saturated heterocycles. The topological polar surface area (TPSA) is 85.5 Å². The number of hydrogen-bond donors (Lipinski definition) is 2. The molecule has 0 amide bonds. The van der Waals surface area contributed by atoms with Crippen LogP contribution in [-0.2, 0) is 11.8 Å². The second-order valence-corrected chi connectivity index (χ2v) is 3.83. The Morgan fingerprint density at radius 2 is 2.31 bits per heavy atom. The monoisotopic (exact) mass is 222 g/mol. The van der Waals surface area contributed by atoms with Gasteiger partial charge in [0.25, 0.3) is 0 Å². The Morgan fingerprint density at radius 3 is 2.81 bits per heavy atom. The van der Waals surface area contributed by atoms with E-state index in [0.717, 1.165) is 11.5 Å². The van der Waals surface area contributed by atoms with Crippen molar-refractivity contribution in [1.29, 1.82) is 0 Å². The summed E-state index contributed by atoms with van der Waals surface area (Å²) in [5.74, 6) is -0.873. The number of rotatable bonds is 3. The van der Waals surface area contributed by atoms with Crippen LogP contribution in [0.4, 0.5) is 0 Å². The van der Waals surface area contributed by atoms with Crippen LogP contribution in [0.2, 0.25) is 0 Å². The van der Waals surface area contributed by atoms with Gasteiger partial charge < -0.3 is 15.4 Å². The van der Waals surface area contributed by atoms with Crippen LogP contribution in [0.25, 0.3) is 5.78 Å². The smallest absolute Gasteiger partial charge is 0.313 e. The van der Waals surface area contributed by atoms with Crippen molar-refractivity contribution in [1.82, 2.24) is 14.0 Å². The van der Waals surface area contributed by atoms with Gasteiger partial charge in [-0.05, 0) is 6.92 Å². The van der Waals surface area contributed by atoms with Crippen molar-refractivity contribution in [3.05, 3.63) is 23.8 Å². The summed E-state index contributed by atoms with van der Waals surface area (Å²) in [4.78, 5) is 15.3. The number of aryl methyl sites for hydroxylation is 2. The van der Waals surface area contributed by atoms with Crippen LogP contribution >= 0.6 is 0 Å². The summed E-state index contributed by atoms with van der Waals surface area (Å²) in [6, 6.07) is 0. The van der Waals surface area contributed by atoms with Crippen LogP contribution < -0.4 is 5.73 Å². The molecule has 0 aliphatic rings. The summed E-state index contributed by atoms with van der Waals surface area (Å²) in [6.07, 6.45) is 3.62. The van der Waals surface area contributed by atoms with Crippen LogP contribution in [0.1, 0.15) is 17.3 Å². The number of aliphatic carboxylic acids is 1. The molecule has 3 N–H and O–H groups in total. The van der Waals surface area contributed by atoms with Gasteiger partial charge in [-0.3, -0.25) is 9.20 Å². The standard InChI is InChI=1S/C10H14N4O2/c1-6-4-14-5-8(7(3-11)9(15)16)13(2)10(14)12-6/h4-5,7H,3,11H2,1-2H3,(H,15,16). The predicted octanol–water partition coefficient (Wildman–Crippen LogP) is 0.108. The largest absolute Gasteiger partial charge is 0.481 e. The Labute approximate surface area is 92.3 Å². The van der Waals surface area contributed by atoms with Gasteiger partial charge in [-0.25, -0.2) is 4.98 Å². The van der Waals surface area contributed by atoms with Gasteiger partial charge in [0.1, 0.15) is 5.92 Å². The minimum Gasteiger partial charge on any atom is -0.481 e. The van der Waals surface area contributed by atoms with E-state index in [9.17, 15) is 4.79 Å². The molecule has 2 rings (SSSR count). The van der Waals surface area contributed by atoms with Gasteiger partial charge >= 0.3 is 5.97 Å². The molecule has 6 heteroatoms. The van der Waals surface area contributed by atoms with Crippen LogP contribution in [0.5, 0.6) is 0 Å². The van der Waals surface area contributed by atoms with E-state index < -0.39 is 11.9 Å². The van der Waals surface area contributed by atoms with E-state index in [1.165, 1.54) is 0 Å². The van der Waals surface area contributed by atoms with Crippen molar-refractivity contribution in [3.8, 4) is 0 Å². The first-order valence-electron chi connectivity index (χ1n) is 4.98. The van der Waals surface area contributed by atoms with Crippen LogP contribution in [-0.4, -0.2) is 31.6 Å². The maximum Gasteiger partial charge on any atom is 0.313 e. The zero-order chi connectivity index (χ0) is 11.9. The molecule has 1 atom stereocenters. The first kappa shape index (κ1) is 10.7. The van der Waals surface area contributed by atoms with Crippen LogP contribution in [0, 0.1) is 6.92 Å². The van der Waals surface area contributed by atoms with E-state index in [-0.39, 0.29) is 6.54 Å². The number of imidazole rings is 2. The second-order valence-electron chi connectivity index (χ2n) is 3.83. The molecular weight excluding hydrogens is 208 g/mol. The van der Waals surface area contributed by atoms with Crippen molar-refractivity contribution < 1.29 is 9.90 Å². The number of nitrogens with two attached hydrogens (primary N) is 1. The van der Waals surface area contributed by atoms with E-state index in [2.05, 4.69) is 4.98 Å². The van der Waals surface area contributed by atoms with Crippen molar-refractivity contribution in [3.63, 3.8) is 0 Å². The van der Waals surface area contributed by atoms with E-state index in [0.29, 0.717) is 5.69 Å². The molecule has 0 bridgehead atoms. The molecule has 0 saturated carbocycles. The summed E-state index contributed by atoms with van der Waals surface area (Å²) < 4.78 is 3.58. The van der Waals surface area contributed by atoms with Crippen molar-refractivity contribution in [2.24, 2.45) is 12.8 Å². The summed E-state index contributed by atoms with van der Waals surface area (Å²) in [5.41, 5.74) is 7.04. The van der Waals surface area contributed by atoms with Gasteiger partial charge in [0.2, 0.25) is 5.78 Å². The van der Waals surface area contributed by atoms with E-state index in [4.69, 9.17) is 10.8 Å². The lowest BCUT2D eigenvalue weighted by Crippen LogP contribution is -2.23. The van der Waals surface area contributed by atoms with Gasteiger partial charge in [-0.1, -0.05) is 0 Å². The molecule has 0 aliphatic carbocycles. The van der Waals surface area contributed by atoms with Gasteiger partial charge in [-0.15, -0.1) is 0 Å². The zero-order valence-electron chi connectivity index (χ0n) is 9.21. The minimum atomic E-state index is -0.914. The summed E-state index contributed by atoms with van der Waals surface area (Å²) in [5, 5.41) is 9.05. The number of nitrogens with zero attached hydrogens (tertiary/aromatic N) is 3. The van der Waals surface area contributed by atoms with Crippen molar-refractivity contribution in [2.45, 2.75) is 12.8 Å². The van der Waals surface area contributed by atoms with E-state index in [1.54, 1.807) is 17.8 Å². The fourth-order valence-electron chi connectivity index (χ4n) is 1.86. The first-order valence-corrected chi connectivity index (χ1v) is 4.98. The molecule has 1 unspecified atom stereocenters. The SMILES string of the molecule is Cc1cn2cc(C(CN)C(=O)O)n(C)c2n1. The predicted molar refractivity (Wildman–Crippen MR) is 58.3 cm³/mol. The number of carbonyl (C=O) groups is 1. The summed E-state index contributed by atoms with van der Waals surface area (Å²) in [7, 11) is 1.79. The fourth-order valence-corrected chi connectivity index (χ4v) is 1.86. The molecule has 16 heavy (non-hydrogen) atoms. The number of carboxylic acid groups (broad SMARTS) is 1. The van der Waals surface area contributed by atoms with Gasteiger partial charge in [0.15, 0.2) is 0 Å². The lowest BCUT2D eigenvalue weighted by atomic mass is 10.1. The van der Waals surface area contributed by atoms with Crippen LogP contribution in [0.3, 0.4) is 0 Å². The molecule has 86 valence electrons. The molecule has 2 aromatic rings. The van der Waals surface area contributed by atoms with Crippen molar-refractivity contribution in [2.75, 3.05) is 6.54 Å². The highest BCUT2D eigenvalue weighted by molar-refractivity contribution is 5.76. The average molecular weight is 222 g/mol. The number of aromatic nitrogens is 3. The third kappa shape index (κ3) is 1.47. The Morgan fingerprint density at radius 1 is 1.62 bits per heavy atom.